The number of hydrogen-bond donors (Lipinski definition) is 3. The predicted octanol–water partition coefficient (Wildman–Crippen LogP) is 9.34. The summed E-state index contributed by atoms with van der Waals surface area (Å²) in [6, 6.07) is -0.629. The van der Waals surface area contributed by atoms with Gasteiger partial charge in [-0.3, -0.25) is 4.79 Å². The number of nitrogens with one attached hydrogen (secondary N) is 1. The fourth-order valence-electron chi connectivity index (χ4n) is 4.84. The lowest BCUT2D eigenvalue weighted by Gasteiger charge is -2.19. The van der Waals surface area contributed by atoms with E-state index in [2.05, 4.69) is 31.3 Å². The van der Waals surface area contributed by atoms with Crippen LogP contribution in [0, 0.1) is 0 Å². The van der Waals surface area contributed by atoms with Crippen LogP contribution in [0.25, 0.3) is 0 Å². The molecule has 0 heterocycles. The van der Waals surface area contributed by atoms with Crippen LogP contribution in [0.1, 0.15) is 168 Å². The van der Waals surface area contributed by atoms with Crippen molar-refractivity contribution in [3.8, 4) is 0 Å². The van der Waals surface area contributed by atoms with E-state index in [9.17, 15) is 15.0 Å². The van der Waals surface area contributed by atoms with E-state index in [1.807, 2.05) is 6.08 Å². The van der Waals surface area contributed by atoms with Gasteiger partial charge in [0, 0.05) is 6.42 Å². The number of carbonyl (C=O) groups excluding carboxylic acids is 1. The fourth-order valence-corrected chi connectivity index (χ4v) is 4.84. The molecule has 224 valence electrons. The summed E-state index contributed by atoms with van der Waals surface area (Å²) in [6.45, 7) is 4.13. The molecule has 4 nitrogen and oxygen atoms in total. The smallest absolute Gasteiger partial charge is 0.220 e. The van der Waals surface area contributed by atoms with Gasteiger partial charge in [-0.2, -0.15) is 0 Å². The minimum Gasteiger partial charge on any atom is -0.394 e. The van der Waals surface area contributed by atoms with Gasteiger partial charge >= 0.3 is 0 Å². The van der Waals surface area contributed by atoms with Gasteiger partial charge in [-0.1, -0.05) is 154 Å². The summed E-state index contributed by atoms with van der Waals surface area (Å²) in [7, 11) is 0. The van der Waals surface area contributed by atoms with Crippen LogP contribution in [-0.4, -0.2) is 34.9 Å². The molecule has 0 spiro atoms. The second-order valence-electron chi connectivity index (χ2n) is 11.2. The third kappa shape index (κ3) is 26.5. The second-order valence-corrected chi connectivity index (χ2v) is 11.2. The van der Waals surface area contributed by atoms with Gasteiger partial charge < -0.3 is 15.5 Å². The summed E-state index contributed by atoms with van der Waals surface area (Å²) >= 11 is 0. The number of rotatable bonds is 29. The Morgan fingerprint density at radius 3 is 1.53 bits per heavy atom. The van der Waals surface area contributed by atoms with E-state index in [4.69, 9.17) is 0 Å². The van der Waals surface area contributed by atoms with E-state index in [1.54, 1.807) is 6.08 Å². The van der Waals surface area contributed by atoms with Gasteiger partial charge in [-0.25, -0.2) is 0 Å². The van der Waals surface area contributed by atoms with Crippen LogP contribution in [0.2, 0.25) is 0 Å². The van der Waals surface area contributed by atoms with E-state index >= 15 is 0 Å². The van der Waals surface area contributed by atoms with Crippen molar-refractivity contribution in [3.63, 3.8) is 0 Å². The highest BCUT2D eigenvalue weighted by molar-refractivity contribution is 5.76. The molecule has 4 heteroatoms. The molecule has 3 N–H and O–H groups in total. The fraction of sp³-hybridized carbons (Fsp3) is 0.853. The molecule has 1 amide bonds. The zero-order chi connectivity index (χ0) is 27.9. The lowest BCUT2D eigenvalue weighted by molar-refractivity contribution is -0.123. The van der Waals surface area contributed by atoms with Gasteiger partial charge in [0.25, 0.3) is 0 Å². The van der Waals surface area contributed by atoms with Crippen LogP contribution in [0.4, 0.5) is 0 Å². The Kier molecular flexibility index (Phi) is 29.5. The zero-order valence-electron chi connectivity index (χ0n) is 25.4. The molecule has 0 fully saturated rings. The normalized spacial score (nSPS) is 13.5. The lowest BCUT2D eigenvalue weighted by Crippen LogP contribution is -2.45. The molecule has 2 unspecified atom stereocenters. The van der Waals surface area contributed by atoms with E-state index < -0.39 is 12.1 Å². The van der Waals surface area contributed by atoms with Crippen molar-refractivity contribution in [1.29, 1.82) is 0 Å². The number of carbonyl (C=O) groups is 1. The summed E-state index contributed by atoms with van der Waals surface area (Å²) < 4.78 is 0. The lowest BCUT2D eigenvalue weighted by atomic mass is 10.0. The monoisotopic (exact) mass is 535 g/mol. The molecule has 0 aliphatic carbocycles. The standard InChI is InChI=1S/C34H65NO3/c1-3-5-7-8-9-10-11-12-13-14-15-16-17-18-19-20-21-22-23-24-25-26-28-29-33(37)32(31-36)35-34(38)30-27-6-4-2/h23-24,28-29,32-33,36-37H,3-22,25-27,30-31H2,1-2H3,(H,35,38)/b24-23+,29-28+. The third-order valence-electron chi connectivity index (χ3n) is 7.44. The van der Waals surface area contributed by atoms with Crippen molar-refractivity contribution in [2.45, 2.75) is 180 Å². The summed E-state index contributed by atoms with van der Waals surface area (Å²) in [4.78, 5) is 11.9. The summed E-state index contributed by atoms with van der Waals surface area (Å²) in [5, 5.41) is 22.4. The Bertz CT molecular complexity index is 546. The maximum atomic E-state index is 11.9. The third-order valence-corrected chi connectivity index (χ3v) is 7.44. The largest absolute Gasteiger partial charge is 0.394 e. The molecule has 0 rings (SSSR count). The first-order valence-corrected chi connectivity index (χ1v) is 16.6. The summed E-state index contributed by atoms with van der Waals surface area (Å²) in [6.07, 6.45) is 37.6. The van der Waals surface area contributed by atoms with Crippen molar-refractivity contribution < 1.29 is 15.0 Å². The van der Waals surface area contributed by atoms with Crippen molar-refractivity contribution in [1.82, 2.24) is 5.32 Å². The van der Waals surface area contributed by atoms with Crippen LogP contribution < -0.4 is 5.32 Å². The van der Waals surface area contributed by atoms with Crippen molar-refractivity contribution in [2.24, 2.45) is 0 Å². The van der Waals surface area contributed by atoms with E-state index in [-0.39, 0.29) is 12.5 Å². The van der Waals surface area contributed by atoms with E-state index in [0.717, 1.165) is 38.5 Å². The van der Waals surface area contributed by atoms with Crippen molar-refractivity contribution >= 4 is 5.91 Å². The Labute approximate surface area is 237 Å². The molecule has 0 aromatic carbocycles. The van der Waals surface area contributed by atoms with E-state index in [0.29, 0.717) is 6.42 Å². The minimum absolute atomic E-state index is 0.0998. The SMILES string of the molecule is CCCCCCCCCCCCCCCCCCC/C=C/CC/C=C/C(O)C(CO)NC(=O)CCCCC. The number of amides is 1. The molecular formula is C34H65NO3. The Hall–Kier alpha value is -1.13. The molecule has 2 atom stereocenters. The number of aliphatic hydroxyl groups excluding tert-OH is 2. The van der Waals surface area contributed by atoms with Crippen LogP contribution in [0.5, 0.6) is 0 Å². The summed E-state index contributed by atoms with van der Waals surface area (Å²) in [5.74, 6) is -0.0998. The molecule has 0 radical (unpaired) electrons. The van der Waals surface area contributed by atoms with Gasteiger partial charge in [-0.15, -0.1) is 0 Å². The minimum atomic E-state index is -0.853. The maximum Gasteiger partial charge on any atom is 0.220 e. The molecule has 0 aliphatic rings. The van der Waals surface area contributed by atoms with Gasteiger partial charge in [-0.05, 0) is 32.1 Å². The highest BCUT2D eigenvalue weighted by Crippen LogP contribution is 2.14. The van der Waals surface area contributed by atoms with Crippen molar-refractivity contribution in [2.75, 3.05) is 6.61 Å². The number of aliphatic hydroxyl groups is 2. The molecule has 0 aliphatic heterocycles. The van der Waals surface area contributed by atoms with Crippen molar-refractivity contribution in [3.05, 3.63) is 24.3 Å². The molecule has 0 saturated carbocycles. The molecule has 0 aromatic rings. The first-order valence-electron chi connectivity index (χ1n) is 16.6. The number of unbranched alkanes of at least 4 members (excludes halogenated alkanes) is 20. The Morgan fingerprint density at radius 2 is 1.03 bits per heavy atom. The molecular weight excluding hydrogens is 470 g/mol. The maximum absolute atomic E-state index is 11.9. The van der Waals surface area contributed by atoms with Gasteiger partial charge in [0.15, 0.2) is 0 Å². The molecule has 0 bridgehead atoms. The van der Waals surface area contributed by atoms with Gasteiger partial charge in [0.2, 0.25) is 5.91 Å². The average Bonchev–Trinajstić information content (AvgIpc) is 2.92. The first kappa shape index (κ1) is 36.9. The number of hydrogen-bond acceptors (Lipinski definition) is 3. The van der Waals surface area contributed by atoms with Gasteiger partial charge in [0.05, 0.1) is 18.8 Å². The highest BCUT2D eigenvalue weighted by Gasteiger charge is 2.17. The molecule has 0 saturated heterocycles. The van der Waals surface area contributed by atoms with Crippen LogP contribution >= 0.6 is 0 Å². The zero-order valence-corrected chi connectivity index (χ0v) is 25.4. The van der Waals surface area contributed by atoms with Crippen LogP contribution in [-0.2, 0) is 4.79 Å². The average molecular weight is 536 g/mol. The van der Waals surface area contributed by atoms with Crippen LogP contribution in [0.15, 0.2) is 24.3 Å². The second kappa shape index (κ2) is 30.4. The number of allylic oxidation sites excluding steroid dienone is 3. The molecule has 0 aromatic heterocycles. The first-order chi connectivity index (χ1) is 18.7. The predicted molar refractivity (Wildman–Crippen MR) is 165 cm³/mol. The summed E-state index contributed by atoms with van der Waals surface area (Å²) in [5.41, 5.74) is 0. The quantitative estimate of drug-likeness (QED) is 0.0660. The van der Waals surface area contributed by atoms with E-state index in [1.165, 1.54) is 109 Å². The Balaban J connectivity index is 3.49. The topological polar surface area (TPSA) is 69.6 Å². The Morgan fingerprint density at radius 1 is 0.605 bits per heavy atom. The van der Waals surface area contributed by atoms with Gasteiger partial charge in [0.1, 0.15) is 0 Å². The molecule has 38 heavy (non-hydrogen) atoms. The highest BCUT2D eigenvalue weighted by atomic mass is 16.3. The van der Waals surface area contributed by atoms with Crippen LogP contribution in [0.3, 0.4) is 0 Å².